The Labute approximate surface area is 453 Å². The zero-order valence-electron chi connectivity index (χ0n) is 44.6. The number of aliphatic hydroxyl groups is 1. The first kappa shape index (κ1) is 59.6. The molecule has 7 aromatic rings. The predicted octanol–water partition coefficient (Wildman–Crippen LogP) is 10.1. The van der Waals surface area contributed by atoms with Gasteiger partial charge in [-0.25, -0.2) is 4.98 Å². The molecule has 17 nitrogen and oxygen atoms in total. The lowest BCUT2D eigenvalue weighted by molar-refractivity contribution is -0.128. The first-order valence-electron chi connectivity index (χ1n) is 25.9. The summed E-state index contributed by atoms with van der Waals surface area (Å²) in [6.07, 6.45) is 9.73. The van der Waals surface area contributed by atoms with Crippen LogP contribution in [0.1, 0.15) is 103 Å². The molecular formula is C60H76N10O7. The third kappa shape index (κ3) is 17.9. The summed E-state index contributed by atoms with van der Waals surface area (Å²) in [5.74, 6) is 2.84. The van der Waals surface area contributed by atoms with E-state index in [1.807, 2.05) is 70.8 Å². The summed E-state index contributed by atoms with van der Waals surface area (Å²) >= 11 is 0. The SMILES string of the molecule is C.CCc1cccc(C)c1.CCc1cccc(Nc2nc3cc(Oc4ccnc(C(=O)NCCCN5CCCC5=O)c4)ccc3n2C)c1.CO.Cc1ccc(Oc2ccnc(C(=O)NCCCN3CCCC3=O)c2)cc1N. The van der Waals surface area contributed by atoms with E-state index >= 15 is 0 Å². The van der Waals surface area contributed by atoms with Crippen LogP contribution in [0, 0.1) is 13.8 Å². The van der Waals surface area contributed by atoms with Gasteiger partial charge in [0.1, 0.15) is 34.4 Å². The number of nitrogens with two attached hydrogens (primary N) is 1. The van der Waals surface area contributed by atoms with Crippen molar-refractivity contribution in [2.24, 2.45) is 7.05 Å². The average molecular weight is 1050 g/mol. The Morgan fingerprint density at radius 3 is 1.69 bits per heavy atom. The molecule has 0 bridgehead atoms. The number of ether oxygens (including phenoxy) is 2. The number of carbonyl (C=O) groups is 4. The number of hydrogen-bond donors (Lipinski definition) is 5. The number of fused-ring (bicyclic) bond motifs is 1. The van der Waals surface area contributed by atoms with Crippen molar-refractivity contribution in [2.75, 3.05) is 57.4 Å². The standard InChI is InChI=1S/C29H32N6O3.C20H24N4O3.C9H12.CH4O.CH4/c1-3-20-7-4-8-21(17-20)32-29-33-24-18-22(10-11-26(24)34(29)2)38-23-12-14-30-25(19-23)28(37)31-13-6-16-35-15-5-9-27(35)36;1-14-5-6-15(12-17(14)21)27-16-7-9-22-18(13-16)20(26)23-8-3-11-24-10-2-4-19(24)25;1-3-9-6-4-5-8(2)7-9;1-2;/h4,7-8,10-12,14,17-19H,3,5-6,9,13,15-16H2,1-2H3,(H,31,37)(H,32,33);5-7,9,12-13H,2-4,8,10-11,21H2,1H3,(H,23,26);4-7H,3H2,1-2H3;2H,1H3;1H4. The highest BCUT2D eigenvalue weighted by Gasteiger charge is 2.21. The van der Waals surface area contributed by atoms with Gasteiger partial charge in [-0.3, -0.25) is 29.1 Å². The molecule has 2 saturated heterocycles. The second-order valence-corrected chi connectivity index (χ2v) is 18.3. The topological polar surface area (TPSA) is 219 Å². The highest BCUT2D eigenvalue weighted by Crippen LogP contribution is 2.29. The quantitative estimate of drug-likeness (QED) is 0.0401. The summed E-state index contributed by atoms with van der Waals surface area (Å²) in [7, 11) is 2.97. The van der Waals surface area contributed by atoms with Gasteiger partial charge in [-0.05, 0) is 112 Å². The van der Waals surface area contributed by atoms with Gasteiger partial charge in [-0.15, -0.1) is 0 Å². The van der Waals surface area contributed by atoms with Crippen LogP contribution >= 0.6 is 0 Å². The largest absolute Gasteiger partial charge is 0.457 e. The molecule has 4 amide bonds. The van der Waals surface area contributed by atoms with Gasteiger partial charge in [-0.1, -0.05) is 69.3 Å². The number of rotatable bonds is 18. The monoisotopic (exact) mass is 1050 g/mol. The molecule has 0 aliphatic carbocycles. The molecule has 408 valence electrons. The Morgan fingerprint density at radius 1 is 0.662 bits per heavy atom. The maximum Gasteiger partial charge on any atom is 0.270 e. The van der Waals surface area contributed by atoms with E-state index in [0.29, 0.717) is 74.1 Å². The second kappa shape index (κ2) is 30.3. The van der Waals surface area contributed by atoms with Gasteiger partial charge < -0.3 is 50.6 Å². The molecule has 77 heavy (non-hydrogen) atoms. The van der Waals surface area contributed by atoms with Gasteiger partial charge in [0.05, 0.1) is 11.0 Å². The molecule has 3 aromatic heterocycles. The molecule has 0 saturated carbocycles. The first-order valence-corrected chi connectivity index (χ1v) is 25.9. The Hall–Kier alpha value is -8.31. The Balaban J connectivity index is 0.000000243. The predicted molar refractivity (Wildman–Crippen MR) is 305 cm³/mol. The molecule has 2 fully saturated rings. The van der Waals surface area contributed by atoms with Crippen LogP contribution in [-0.4, -0.2) is 104 Å². The fraction of sp³-hybridized carbons (Fsp3) is 0.350. The Kier molecular flexibility index (Phi) is 23.4. The lowest BCUT2D eigenvalue weighted by atomic mass is 10.1. The highest BCUT2D eigenvalue weighted by molar-refractivity contribution is 5.93. The fourth-order valence-electron chi connectivity index (χ4n) is 8.44. The zero-order chi connectivity index (χ0) is 54.4. The van der Waals surface area contributed by atoms with Crippen LogP contribution < -0.4 is 31.2 Å². The number of benzene rings is 4. The molecule has 0 unspecified atom stereocenters. The third-order valence-electron chi connectivity index (χ3n) is 12.7. The van der Waals surface area contributed by atoms with E-state index in [9.17, 15) is 19.2 Å². The Morgan fingerprint density at radius 2 is 1.18 bits per heavy atom. The molecule has 4 aromatic carbocycles. The number of nitrogens with one attached hydrogen (secondary N) is 3. The number of aliphatic hydroxyl groups excluding tert-OH is 1. The molecule has 0 spiro atoms. The second-order valence-electron chi connectivity index (χ2n) is 18.3. The van der Waals surface area contributed by atoms with E-state index in [2.05, 4.69) is 83.1 Å². The van der Waals surface area contributed by atoms with Crippen molar-refractivity contribution in [3.63, 3.8) is 0 Å². The van der Waals surface area contributed by atoms with Gasteiger partial charge in [0, 0.05) is 114 Å². The molecule has 5 heterocycles. The van der Waals surface area contributed by atoms with Crippen LogP contribution in [0.25, 0.3) is 11.0 Å². The van der Waals surface area contributed by atoms with Crippen LogP contribution in [0.4, 0.5) is 17.3 Å². The number of nitrogen functional groups attached to an aromatic ring is 1. The summed E-state index contributed by atoms with van der Waals surface area (Å²) in [5, 5.41) is 16.1. The van der Waals surface area contributed by atoms with Crippen molar-refractivity contribution in [1.29, 1.82) is 0 Å². The summed E-state index contributed by atoms with van der Waals surface area (Å²) in [4.78, 5) is 64.9. The molecule has 2 aliphatic rings. The highest BCUT2D eigenvalue weighted by atomic mass is 16.5. The molecule has 6 N–H and O–H groups in total. The van der Waals surface area contributed by atoms with Crippen molar-refractivity contribution in [1.82, 2.24) is 40.0 Å². The van der Waals surface area contributed by atoms with Gasteiger partial charge in [0.2, 0.25) is 17.8 Å². The minimum atomic E-state index is -0.272. The van der Waals surface area contributed by atoms with Gasteiger partial charge in [0.15, 0.2) is 0 Å². The van der Waals surface area contributed by atoms with E-state index in [-0.39, 0.29) is 42.4 Å². The number of aryl methyl sites for hydroxylation is 5. The summed E-state index contributed by atoms with van der Waals surface area (Å²) in [5.41, 5.74) is 14.9. The van der Waals surface area contributed by atoms with Gasteiger partial charge >= 0.3 is 0 Å². The maximum absolute atomic E-state index is 12.6. The fourth-order valence-corrected chi connectivity index (χ4v) is 8.44. The molecule has 17 heteroatoms. The number of likely N-dealkylation sites (tertiary alicyclic amines) is 2. The van der Waals surface area contributed by atoms with Crippen LogP contribution in [0.2, 0.25) is 0 Å². The summed E-state index contributed by atoms with van der Waals surface area (Å²) < 4.78 is 13.8. The van der Waals surface area contributed by atoms with Crippen LogP contribution in [-0.2, 0) is 29.5 Å². The smallest absolute Gasteiger partial charge is 0.270 e. The van der Waals surface area contributed by atoms with E-state index in [1.54, 1.807) is 36.5 Å². The van der Waals surface area contributed by atoms with Crippen LogP contribution in [0.15, 0.2) is 122 Å². The number of imidazole rings is 1. The van der Waals surface area contributed by atoms with Gasteiger partial charge in [0.25, 0.3) is 11.8 Å². The number of pyridine rings is 2. The number of nitrogens with zero attached hydrogens (tertiary/aromatic N) is 6. The molecule has 0 atom stereocenters. The van der Waals surface area contributed by atoms with Crippen LogP contribution in [0.3, 0.4) is 0 Å². The van der Waals surface area contributed by atoms with Crippen molar-refractivity contribution in [3.05, 3.63) is 155 Å². The lowest BCUT2D eigenvalue weighted by Crippen LogP contribution is -2.30. The number of aromatic nitrogens is 4. The number of hydrogen-bond acceptors (Lipinski definition) is 12. The maximum atomic E-state index is 12.6. The molecule has 0 radical (unpaired) electrons. The van der Waals surface area contributed by atoms with Crippen molar-refractivity contribution in [3.8, 4) is 23.0 Å². The van der Waals surface area contributed by atoms with Crippen molar-refractivity contribution < 1.29 is 33.8 Å². The third-order valence-corrected chi connectivity index (χ3v) is 12.7. The van der Waals surface area contributed by atoms with Crippen molar-refractivity contribution in [2.45, 2.75) is 86.5 Å². The van der Waals surface area contributed by atoms with Crippen LogP contribution in [0.5, 0.6) is 23.0 Å². The zero-order valence-corrected chi connectivity index (χ0v) is 44.6. The van der Waals surface area contributed by atoms with Crippen molar-refractivity contribution >= 4 is 52.0 Å². The minimum Gasteiger partial charge on any atom is -0.457 e. The van der Waals surface area contributed by atoms with E-state index in [0.717, 1.165) is 80.5 Å². The Bertz CT molecular complexity index is 3050. The van der Waals surface area contributed by atoms with Gasteiger partial charge in [-0.2, -0.15) is 0 Å². The molecule has 2 aliphatic heterocycles. The summed E-state index contributed by atoms with van der Waals surface area (Å²) in [6, 6.07) is 34.7. The number of amides is 4. The summed E-state index contributed by atoms with van der Waals surface area (Å²) in [6.45, 7) is 12.3. The minimum absolute atomic E-state index is 0. The normalized spacial score (nSPS) is 12.5. The average Bonchev–Trinajstić information content (AvgIpc) is 4.15. The number of anilines is 3. The molecule has 9 rings (SSSR count). The van der Waals surface area contributed by atoms with E-state index in [4.69, 9.17) is 25.3 Å². The van der Waals surface area contributed by atoms with E-state index < -0.39 is 0 Å². The first-order chi connectivity index (χ1) is 36.8. The van der Waals surface area contributed by atoms with E-state index in [1.165, 1.54) is 22.9 Å². The molecular weight excluding hydrogens is 973 g/mol. The number of carbonyl (C=O) groups excluding carboxylic acids is 4. The lowest BCUT2D eigenvalue weighted by Gasteiger charge is -2.15.